The van der Waals surface area contributed by atoms with E-state index >= 15 is 0 Å². The van der Waals surface area contributed by atoms with Gasteiger partial charge in [-0.1, -0.05) is 12.1 Å². The molecule has 0 atom stereocenters. The maximum Gasteiger partial charge on any atom is 0.251 e. The first kappa shape index (κ1) is 18.6. The molecule has 0 bridgehead atoms. The van der Waals surface area contributed by atoms with Crippen molar-refractivity contribution in [3.05, 3.63) is 52.2 Å². The lowest BCUT2D eigenvalue weighted by atomic mass is 10.2. The van der Waals surface area contributed by atoms with Gasteiger partial charge in [0.25, 0.3) is 5.91 Å². The van der Waals surface area contributed by atoms with Crippen LogP contribution in [0.4, 0.5) is 0 Å². The van der Waals surface area contributed by atoms with Crippen molar-refractivity contribution in [1.29, 1.82) is 0 Å². The number of amides is 1. The topological polar surface area (TPSA) is 84.5 Å². The van der Waals surface area contributed by atoms with Crippen LogP contribution >= 0.6 is 11.3 Å². The summed E-state index contributed by atoms with van der Waals surface area (Å²) in [5.41, 5.74) is 0.311. The number of benzene rings is 1. The molecule has 2 aromatic rings. The number of thiophene rings is 1. The average molecular weight is 368 g/mol. The van der Waals surface area contributed by atoms with Gasteiger partial charge in [-0.05, 0) is 36.1 Å². The average Bonchev–Trinajstić information content (AvgIpc) is 3.10. The Balaban J connectivity index is 2.01. The standard InChI is InChI=1S/C16H20N2O4S2/c1-22-9-4-8-17-16(19)13-5-2-7-15(11-13)24(20,21)18-12-14-6-3-10-23-14/h2-3,5-7,10-11,18H,4,8-9,12H2,1H3,(H,17,19). The number of hydrogen-bond acceptors (Lipinski definition) is 5. The fraction of sp³-hybridized carbons (Fsp3) is 0.312. The summed E-state index contributed by atoms with van der Waals surface area (Å²) in [7, 11) is -2.07. The molecule has 0 aliphatic rings. The van der Waals surface area contributed by atoms with Crippen LogP contribution in [0.3, 0.4) is 0 Å². The Labute approximate surface area is 145 Å². The molecule has 1 heterocycles. The Morgan fingerprint density at radius 3 is 2.79 bits per heavy atom. The SMILES string of the molecule is COCCCNC(=O)c1cccc(S(=O)(=O)NCc2cccs2)c1. The molecule has 1 aromatic carbocycles. The van der Waals surface area contributed by atoms with Gasteiger partial charge in [-0.2, -0.15) is 0 Å². The second-order valence-corrected chi connectivity index (χ2v) is 7.83. The maximum absolute atomic E-state index is 12.3. The summed E-state index contributed by atoms with van der Waals surface area (Å²) in [6.45, 7) is 1.26. The monoisotopic (exact) mass is 368 g/mol. The molecule has 2 N–H and O–H groups in total. The first-order valence-corrected chi connectivity index (χ1v) is 9.78. The predicted octanol–water partition coefficient (Wildman–Crippen LogP) is 1.99. The highest BCUT2D eigenvalue weighted by Gasteiger charge is 2.16. The molecule has 2 rings (SSSR count). The van der Waals surface area contributed by atoms with Crippen molar-refractivity contribution in [2.45, 2.75) is 17.9 Å². The van der Waals surface area contributed by atoms with Gasteiger partial charge in [-0.15, -0.1) is 11.3 Å². The van der Waals surface area contributed by atoms with E-state index in [2.05, 4.69) is 10.0 Å². The van der Waals surface area contributed by atoms with Crippen LogP contribution in [0.15, 0.2) is 46.7 Å². The van der Waals surface area contributed by atoms with Crippen LogP contribution in [-0.2, 0) is 21.3 Å². The molecule has 0 radical (unpaired) electrons. The van der Waals surface area contributed by atoms with E-state index in [4.69, 9.17) is 4.74 Å². The van der Waals surface area contributed by atoms with Gasteiger partial charge in [-0.3, -0.25) is 4.79 Å². The van der Waals surface area contributed by atoms with Gasteiger partial charge in [0.15, 0.2) is 0 Å². The zero-order chi connectivity index (χ0) is 17.4. The Hall–Kier alpha value is -1.74. The molecule has 1 amide bonds. The minimum atomic E-state index is -3.66. The number of rotatable bonds is 9. The fourth-order valence-electron chi connectivity index (χ4n) is 1.99. The quantitative estimate of drug-likeness (QED) is 0.663. The Kier molecular flexibility index (Phi) is 6.92. The highest BCUT2D eigenvalue weighted by Crippen LogP contribution is 2.14. The first-order valence-electron chi connectivity index (χ1n) is 7.42. The van der Waals surface area contributed by atoms with Crippen molar-refractivity contribution in [3.8, 4) is 0 Å². The third kappa shape index (κ3) is 5.41. The normalized spacial score (nSPS) is 11.4. The molecule has 0 unspecified atom stereocenters. The van der Waals surface area contributed by atoms with E-state index in [1.165, 1.54) is 23.5 Å². The van der Waals surface area contributed by atoms with Gasteiger partial charge >= 0.3 is 0 Å². The Bertz CT molecular complexity index is 758. The summed E-state index contributed by atoms with van der Waals surface area (Å²) in [6.07, 6.45) is 0.697. The number of nitrogens with one attached hydrogen (secondary N) is 2. The van der Waals surface area contributed by atoms with E-state index < -0.39 is 10.0 Å². The lowest BCUT2D eigenvalue weighted by Gasteiger charge is -2.08. The minimum Gasteiger partial charge on any atom is -0.385 e. The van der Waals surface area contributed by atoms with Crippen molar-refractivity contribution in [3.63, 3.8) is 0 Å². The van der Waals surface area contributed by atoms with Gasteiger partial charge in [0.2, 0.25) is 10.0 Å². The second-order valence-electron chi connectivity index (χ2n) is 5.03. The van der Waals surface area contributed by atoms with Crippen LogP contribution in [-0.4, -0.2) is 34.6 Å². The van der Waals surface area contributed by atoms with E-state index in [9.17, 15) is 13.2 Å². The Morgan fingerprint density at radius 1 is 1.25 bits per heavy atom. The zero-order valence-electron chi connectivity index (χ0n) is 13.3. The lowest BCUT2D eigenvalue weighted by molar-refractivity contribution is 0.0948. The number of carbonyl (C=O) groups is 1. The maximum atomic E-state index is 12.3. The summed E-state index contributed by atoms with van der Waals surface area (Å²) in [4.78, 5) is 13.1. The minimum absolute atomic E-state index is 0.0728. The number of carbonyl (C=O) groups excluding carboxylic acids is 1. The summed E-state index contributed by atoms with van der Waals surface area (Å²) in [6, 6.07) is 9.72. The van der Waals surface area contributed by atoms with Crippen LogP contribution in [0.5, 0.6) is 0 Å². The molecule has 0 spiro atoms. The van der Waals surface area contributed by atoms with Gasteiger partial charge in [0.1, 0.15) is 0 Å². The summed E-state index contributed by atoms with van der Waals surface area (Å²) in [5.74, 6) is -0.304. The van der Waals surface area contributed by atoms with E-state index in [1.807, 2.05) is 17.5 Å². The zero-order valence-corrected chi connectivity index (χ0v) is 15.0. The van der Waals surface area contributed by atoms with Crippen LogP contribution < -0.4 is 10.0 Å². The predicted molar refractivity (Wildman–Crippen MR) is 93.6 cm³/mol. The molecule has 6 nitrogen and oxygen atoms in total. The third-order valence-electron chi connectivity index (χ3n) is 3.23. The first-order chi connectivity index (χ1) is 11.5. The van der Waals surface area contributed by atoms with Gasteiger partial charge < -0.3 is 10.1 Å². The second kappa shape index (κ2) is 8.93. The number of methoxy groups -OCH3 is 1. The smallest absolute Gasteiger partial charge is 0.251 e. The molecule has 24 heavy (non-hydrogen) atoms. The number of ether oxygens (including phenoxy) is 1. The molecule has 8 heteroatoms. The van der Waals surface area contributed by atoms with E-state index in [1.54, 1.807) is 19.2 Å². The lowest BCUT2D eigenvalue weighted by Crippen LogP contribution is -2.26. The highest BCUT2D eigenvalue weighted by atomic mass is 32.2. The molecule has 0 saturated heterocycles. The molecular formula is C16H20N2O4S2. The van der Waals surface area contributed by atoms with Crippen molar-refractivity contribution in [1.82, 2.24) is 10.0 Å². The molecule has 1 aromatic heterocycles. The number of sulfonamides is 1. The summed E-state index contributed by atoms with van der Waals surface area (Å²) in [5, 5.41) is 4.62. The molecular weight excluding hydrogens is 348 g/mol. The van der Waals surface area contributed by atoms with Crippen molar-refractivity contribution >= 4 is 27.3 Å². The molecule has 0 saturated carbocycles. The third-order valence-corrected chi connectivity index (χ3v) is 5.51. The molecule has 0 aliphatic heterocycles. The van der Waals surface area contributed by atoms with Crippen LogP contribution in [0, 0.1) is 0 Å². The van der Waals surface area contributed by atoms with Crippen molar-refractivity contribution < 1.29 is 17.9 Å². The van der Waals surface area contributed by atoms with Crippen molar-refractivity contribution in [2.75, 3.05) is 20.3 Å². The van der Waals surface area contributed by atoms with Gasteiger partial charge in [0, 0.05) is 37.2 Å². The van der Waals surface area contributed by atoms with E-state index in [-0.39, 0.29) is 17.3 Å². The molecule has 0 aliphatic carbocycles. The van der Waals surface area contributed by atoms with E-state index in [0.717, 1.165) is 4.88 Å². The largest absolute Gasteiger partial charge is 0.385 e. The summed E-state index contributed by atoms with van der Waals surface area (Å²) >= 11 is 1.48. The van der Waals surface area contributed by atoms with E-state index in [0.29, 0.717) is 25.1 Å². The van der Waals surface area contributed by atoms with Crippen LogP contribution in [0.1, 0.15) is 21.7 Å². The van der Waals surface area contributed by atoms with Crippen LogP contribution in [0.25, 0.3) is 0 Å². The Morgan fingerprint density at radius 2 is 2.08 bits per heavy atom. The van der Waals surface area contributed by atoms with Crippen molar-refractivity contribution in [2.24, 2.45) is 0 Å². The summed E-state index contributed by atoms with van der Waals surface area (Å²) < 4.78 is 32.1. The van der Waals surface area contributed by atoms with Gasteiger partial charge in [-0.25, -0.2) is 13.1 Å². The number of hydrogen-bond donors (Lipinski definition) is 2. The molecule has 0 fully saturated rings. The molecule has 130 valence electrons. The van der Waals surface area contributed by atoms with Crippen LogP contribution in [0.2, 0.25) is 0 Å². The highest BCUT2D eigenvalue weighted by molar-refractivity contribution is 7.89. The van der Waals surface area contributed by atoms with Gasteiger partial charge in [0.05, 0.1) is 4.90 Å². The fourth-order valence-corrected chi connectivity index (χ4v) is 3.78.